The SMILES string of the molecule is Cc1cc(C(=O)C2CCCC(=O)C2)c2ccccc2n1. The number of nitrogens with zero attached hydrogens (tertiary/aromatic N) is 1. The van der Waals surface area contributed by atoms with Crippen LogP contribution in [0, 0.1) is 12.8 Å². The summed E-state index contributed by atoms with van der Waals surface area (Å²) in [6.45, 7) is 1.90. The molecule has 1 atom stereocenters. The second-order valence-electron chi connectivity index (χ2n) is 5.52. The van der Waals surface area contributed by atoms with E-state index in [4.69, 9.17) is 0 Å². The number of fused-ring (bicyclic) bond motifs is 1. The van der Waals surface area contributed by atoms with Gasteiger partial charge in [0.1, 0.15) is 5.78 Å². The Balaban J connectivity index is 2.04. The van der Waals surface area contributed by atoms with Crippen LogP contribution in [-0.4, -0.2) is 16.6 Å². The van der Waals surface area contributed by atoms with Gasteiger partial charge in [0.2, 0.25) is 0 Å². The molecular weight excluding hydrogens is 250 g/mol. The van der Waals surface area contributed by atoms with Crippen LogP contribution in [0.3, 0.4) is 0 Å². The van der Waals surface area contributed by atoms with Crippen molar-refractivity contribution < 1.29 is 9.59 Å². The van der Waals surface area contributed by atoms with Crippen LogP contribution in [0.25, 0.3) is 10.9 Å². The Labute approximate surface area is 118 Å². The number of ketones is 2. The Hall–Kier alpha value is -2.03. The minimum absolute atomic E-state index is 0.0970. The molecule has 0 amide bonds. The maximum atomic E-state index is 12.7. The molecule has 0 spiro atoms. The van der Waals surface area contributed by atoms with Crippen LogP contribution in [0.2, 0.25) is 0 Å². The molecule has 0 aliphatic heterocycles. The van der Waals surface area contributed by atoms with Gasteiger partial charge in [-0.25, -0.2) is 0 Å². The van der Waals surface area contributed by atoms with E-state index in [2.05, 4.69) is 4.98 Å². The van der Waals surface area contributed by atoms with Gasteiger partial charge in [0.05, 0.1) is 5.52 Å². The van der Waals surface area contributed by atoms with Crippen molar-refractivity contribution in [3.63, 3.8) is 0 Å². The van der Waals surface area contributed by atoms with Crippen molar-refractivity contribution in [3.8, 4) is 0 Å². The molecule has 1 aliphatic rings. The molecule has 1 unspecified atom stereocenters. The van der Waals surface area contributed by atoms with E-state index in [0.29, 0.717) is 18.4 Å². The molecule has 3 rings (SSSR count). The Morgan fingerprint density at radius 1 is 1.30 bits per heavy atom. The third-order valence-electron chi connectivity index (χ3n) is 3.96. The quantitative estimate of drug-likeness (QED) is 0.782. The molecule has 1 saturated carbocycles. The Bertz CT molecular complexity index is 690. The number of hydrogen-bond acceptors (Lipinski definition) is 3. The summed E-state index contributed by atoms with van der Waals surface area (Å²) in [5.74, 6) is 0.158. The van der Waals surface area contributed by atoms with E-state index >= 15 is 0 Å². The number of aryl methyl sites for hydroxylation is 1. The van der Waals surface area contributed by atoms with Crippen molar-refractivity contribution >= 4 is 22.5 Å². The number of hydrogen-bond donors (Lipinski definition) is 0. The first-order chi connectivity index (χ1) is 9.65. The zero-order valence-corrected chi connectivity index (χ0v) is 11.6. The molecule has 0 saturated heterocycles. The van der Waals surface area contributed by atoms with E-state index in [1.165, 1.54) is 0 Å². The first-order valence-corrected chi connectivity index (χ1v) is 7.07. The fourth-order valence-electron chi connectivity index (χ4n) is 2.98. The third-order valence-corrected chi connectivity index (χ3v) is 3.96. The van der Waals surface area contributed by atoms with Crippen molar-refractivity contribution in [3.05, 3.63) is 41.6 Å². The Kier molecular flexibility index (Phi) is 3.35. The molecule has 1 fully saturated rings. The number of benzene rings is 1. The van der Waals surface area contributed by atoms with Gasteiger partial charge in [0.15, 0.2) is 5.78 Å². The lowest BCUT2D eigenvalue weighted by Gasteiger charge is -2.20. The first-order valence-electron chi connectivity index (χ1n) is 7.07. The molecule has 1 aromatic carbocycles. The van der Waals surface area contributed by atoms with Gasteiger partial charge in [-0.05, 0) is 31.9 Å². The Morgan fingerprint density at radius 2 is 2.10 bits per heavy atom. The highest BCUT2D eigenvalue weighted by Crippen LogP contribution is 2.28. The van der Waals surface area contributed by atoms with Crippen molar-refractivity contribution in [1.29, 1.82) is 0 Å². The van der Waals surface area contributed by atoms with Gasteiger partial charge in [-0.3, -0.25) is 14.6 Å². The third kappa shape index (κ3) is 2.36. The molecule has 2 aromatic rings. The molecule has 0 bridgehead atoms. The summed E-state index contributed by atoms with van der Waals surface area (Å²) in [7, 11) is 0. The summed E-state index contributed by atoms with van der Waals surface area (Å²) in [5.41, 5.74) is 2.40. The fourth-order valence-corrected chi connectivity index (χ4v) is 2.98. The van der Waals surface area contributed by atoms with E-state index in [-0.39, 0.29) is 17.5 Å². The van der Waals surface area contributed by atoms with Gasteiger partial charge in [0.25, 0.3) is 0 Å². The molecule has 1 heterocycles. The van der Waals surface area contributed by atoms with Gasteiger partial charge in [-0.1, -0.05) is 18.2 Å². The summed E-state index contributed by atoms with van der Waals surface area (Å²) in [5, 5.41) is 0.890. The minimum Gasteiger partial charge on any atom is -0.300 e. The predicted octanol–water partition coefficient (Wildman–Crippen LogP) is 3.49. The smallest absolute Gasteiger partial charge is 0.167 e. The molecule has 0 radical (unpaired) electrons. The molecule has 0 N–H and O–H groups in total. The zero-order valence-electron chi connectivity index (χ0n) is 11.6. The summed E-state index contributed by atoms with van der Waals surface area (Å²) in [6, 6.07) is 9.55. The highest BCUT2D eigenvalue weighted by Gasteiger charge is 2.27. The van der Waals surface area contributed by atoms with Gasteiger partial charge in [-0.15, -0.1) is 0 Å². The van der Waals surface area contributed by atoms with Crippen LogP contribution in [0.5, 0.6) is 0 Å². The van der Waals surface area contributed by atoms with Gasteiger partial charge in [-0.2, -0.15) is 0 Å². The van der Waals surface area contributed by atoms with Crippen LogP contribution in [0.1, 0.15) is 41.7 Å². The van der Waals surface area contributed by atoms with E-state index < -0.39 is 0 Å². The van der Waals surface area contributed by atoms with Crippen molar-refractivity contribution in [2.75, 3.05) is 0 Å². The highest BCUT2D eigenvalue weighted by molar-refractivity contribution is 6.09. The number of rotatable bonds is 2. The Morgan fingerprint density at radius 3 is 2.90 bits per heavy atom. The molecule has 20 heavy (non-hydrogen) atoms. The number of pyridine rings is 1. The van der Waals surface area contributed by atoms with Gasteiger partial charge >= 0.3 is 0 Å². The minimum atomic E-state index is -0.151. The lowest BCUT2D eigenvalue weighted by atomic mass is 9.82. The standard InChI is InChI=1S/C17H17NO2/c1-11-9-15(14-7-2-3-8-16(14)18-11)17(20)12-5-4-6-13(19)10-12/h2-3,7-9,12H,4-6,10H2,1H3. The molecule has 3 nitrogen and oxygen atoms in total. The number of Topliss-reactive ketones (excluding diaryl/α,β-unsaturated/α-hetero) is 2. The van der Waals surface area contributed by atoms with Gasteiger partial charge < -0.3 is 0 Å². The van der Waals surface area contributed by atoms with Crippen LogP contribution in [-0.2, 0) is 4.79 Å². The van der Waals surface area contributed by atoms with Crippen molar-refractivity contribution in [2.24, 2.45) is 5.92 Å². The predicted molar refractivity (Wildman–Crippen MR) is 77.8 cm³/mol. The zero-order chi connectivity index (χ0) is 14.1. The second-order valence-corrected chi connectivity index (χ2v) is 5.52. The largest absolute Gasteiger partial charge is 0.300 e. The number of para-hydroxylation sites is 1. The number of aromatic nitrogens is 1. The van der Waals surface area contributed by atoms with Crippen LogP contribution in [0.15, 0.2) is 30.3 Å². The maximum Gasteiger partial charge on any atom is 0.167 e. The maximum absolute atomic E-state index is 12.7. The topological polar surface area (TPSA) is 47.0 Å². The van der Waals surface area contributed by atoms with Crippen LogP contribution >= 0.6 is 0 Å². The second kappa shape index (κ2) is 5.16. The van der Waals surface area contributed by atoms with Crippen molar-refractivity contribution in [2.45, 2.75) is 32.6 Å². The van der Waals surface area contributed by atoms with Crippen LogP contribution in [0.4, 0.5) is 0 Å². The monoisotopic (exact) mass is 267 g/mol. The number of carbonyl (C=O) groups excluding carboxylic acids is 2. The normalized spacial score (nSPS) is 19.2. The summed E-state index contributed by atoms with van der Waals surface area (Å²) in [4.78, 5) is 28.8. The summed E-state index contributed by atoms with van der Waals surface area (Å²) in [6.07, 6.45) is 2.67. The highest BCUT2D eigenvalue weighted by atomic mass is 16.1. The average Bonchev–Trinajstić information content (AvgIpc) is 2.45. The lowest BCUT2D eigenvalue weighted by molar-refractivity contribution is -0.121. The number of carbonyl (C=O) groups is 2. The van der Waals surface area contributed by atoms with E-state index in [9.17, 15) is 9.59 Å². The van der Waals surface area contributed by atoms with Crippen LogP contribution < -0.4 is 0 Å². The van der Waals surface area contributed by atoms with E-state index in [0.717, 1.165) is 29.4 Å². The summed E-state index contributed by atoms with van der Waals surface area (Å²) < 4.78 is 0. The lowest BCUT2D eigenvalue weighted by Crippen LogP contribution is -2.23. The summed E-state index contributed by atoms with van der Waals surface area (Å²) >= 11 is 0. The van der Waals surface area contributed by atoms with E-state index in [1.807, 2.05) is 37.3 Å². The van der Waals surface area contributed by atoms with E-state index in [1.54, 1.807) is 0 Å². The fraction of sp³-hybridized carbons (Fsp3) is 0.353. The molecule has 102 valence electrons. The molecule has 1 aliphatic carbocycles. The molecular formula is C17H17NO2. The first kappa shape index (κ1) is 13.0. The van der Waals surface area contributed by atoms with Crippen molar-refractivity contribution in [1.82, 2.24) is 4.98 Å². The molecule has 1 aromatic heterocycles. The molecule has 3 heteroatoms. The average molecular weight is 267 g/mol. The van der Waals surface area contributed by atoms with Gasteiger partial charge in [0, 0.05) is 35.4 Å².